The van der Waals surface area contributed by atoms with Gasteiger partial charge in [-0.05, 0) is 108 Å². The highest BCUT2D eigenvalue weighted by molar-refractivity contribution is 7.48. The lowest BCUT2D eigenvalue weighted by Gasteiger charge is -2.31. The van der Waals surface area contributed by atoms with Gasteiger partial charge in [-0.3, -0.25) is 13.8 Å². The van der Waals surface area contributed by atoms with Gasteiger partial charge in [-0.15, -0.1) is 0 Å². The van der Waals surface area contributed by atoms with Gasteiger partial charge in [-0.2, -0.15) is 0 Å². The normalized spacial score (nSPS) is 13.7. The van der Waals surface area contributed by atoms with Gasteiger partial charge in [0.2, 0.25) is 13.1 Å². The summed E-state index contributed by atoms with van der Waals surface area (Å²) in [7, 11) is -4.17. The Hall–Kier alpha value is -4.17. The van der Waals surface area contributed by atoms with Gasteiger partial charge in [0, 0.05) is 24.7 Å². The molecule has 16 heteroatoms. The van der Waals surface area contributed by atoms with E-state index >= 15 is 0 Å². The van der Waals surface area contributed by atoms with Crippen LogP contribution in [0.1, 0.15) is 134 Å². The molecule has 0 aliphatic heterocycles. The van der Waals surface area contributed by atoms with Gasteiger partial charge in [-0.1, -0.05) is 86.1 Å². The van der Waals surface area contributed by atoms with Crippen molar-refractivity contribution in [2.75, 3.05) is 35.4 Å². The van der Waals surface area contributed by atoms with Crippen molar-refractivity contribution in [1.82, 2.24) is 5.32 Å². The number of amides is 3. The number of carbonyl (C=O) groups is 4. The summed E-state index contributed by atoms with van der Waals surface area (Å²) in [6, 6.07) is 11.8. The molecule has 62 heavy (non-hydrogen) atoms. The van der Waals surface area contributed by atoms with Gasteiger partial charge < -0.3 is 35.1 Å². The summed E-state index contributed by atoms with van der Waals surface area (Å²) in [5.41, 5.74) is 2.23. The van der Waals surface area contributed by atoms with Crippen molar-refractivity contribution in [3.05, 3.63) is 53.6 Å². The quantitative estimate of drug-likeness (QED) is 0.0579. The molecule has 15 nitrogen and oxygen atoms in total. The highest BCUT2D eigenvalue weighted by atomic mass is 31.2. The topological polar surface area (TPSA) is 180 Å². The zero-order valence-electron chi connectivity index (χ0n) is 40.0. The molecule has 0 aliphatic rings. The minimum absolute atomic E-state index is 0.0345. The Morgan fingerprint density at radius 3 is 1.81 bits per heavy atom. The minimum atomic E-state index is -4.17. The molecule has 2 aromatic rings. The van der Waals surface area contributed by atoms with E-state index < -0.39 is 74.0 Å². The van der Waals surface area contributed by atoms with E-state index in [9.17, 15) is 23.7 Å². The van der Waals surface area contributed by atoms with Crippen LogP contribution in [0.25, 0.3) is 0 Å². The first-order chi connectivity index (χ1) is 28.6. The molecule has 2 unspecified atom stereocenters. The third-order valence-electron chi connectivity index (χ3n) is 8.86. The third kappa shape index (κ3) is 19.9. The van der Waals surface area contributed by atoms with E-state index in [0.29, 0.717) is 29.6 Å². The first-order valence-corrected chi connectivity index (χ1v) is 23.1. The largest absolute Gasteiger partial charge is 0.478 e. The van der Waals surface area contributed by atoms with Crippen molar-refractivity contribution >= 4 is 48.9 Å². The lowest BCUT2D eigenvalue weighted by Crippen LogP contribution is -2.47. The first kappa shape index (κ1) is 54.0. The SMILES string of the molecule is CCC(CC(=O)OC(OC(=O)[C@@H](NC(=O)OCOP(=O)(OC(C)(C)C)OC(C)(C)C)C(C)C)C(C)C)c1ccc(N(CC(C)C)CC(C)C)c(NC(=O)Nc2ccc(C)cc2)c1. The number of nitrogens with zero attached hydrogens (tertiary/aromatic N) is 1. The minimum Gasteiger partial charge on any atom is -0.425 e. The van der Waals surface area contributed by atoms with Crippen LogP contribution in [0.4, 0.5) is 26.7 Å². The number of anilines is 3. The van der Waals surface area contributed by atoms with E-state index in [1.54, 1.807) is 69.2 Å². The Labute approximate surface area is 370 Å². The van der Waals surface area contributed by atoms with Crippen LogP contribution in [-0.2, 0) is 41.9 Å². The van der Waals surface area contributed by atoms with Gasteiger partial charge in [0.25, 0.3) is 0 Å². The highest BCUT2D eigenvalue weighted by Gasteiger charge is 2.38. The van der Waals surface area contributed by atoms with Crippen molar-refractivity contribution in [3.63, 3.8) is 0 Å². The maximum absolute atomic E-state index is 13.6. The number of phosphoric acid groups is 1. The van der Waals surface area contributed by atoms with Crippen molar-refractivity contribution in [2.24, 2.45) is 23.7 Å². The lowest BCUT2D eigenvalue weighted by molar-refractivity contribution is -0.198. The van der Waals surface area contributed by atoms with Gasteiger partial charge in [0.1, 0.15) is 6.04 Å². The molecule has 0 aromatic heterocycles. The molecule has 2 aromatic carbocycles. The standard InChI is InChI=1S/C46H75N4O11P/c1-17-34(35-20-23-38(50(26-29(2)3)27-30(4)5)37(24-35)48-43(53)47-36-21-18-33(10)19-22-36)25-39(51)58-42(32(8)9)59-41(52)40(31(6)7)49-44(54)56-28-57-62(55,60-45(11,12)13)61-46(14,15)16/h18-24,29-32,34,40,42H,17,25-28H2,1-16H3,(H,49,54)(H2,47,48,53)/t34?,40-,42?/m0/s1. The number of esters is 2. The summed E-state index contributed by atoms with van der Waals surface area (Å²) in [5, 5.41) is 8.46. The molecule has 3 amide bonds. The lowest BCUT2D eigenvalue weighted by atomic mass is 9.92. The maximum Gasteiger partial charge on any atom is 0.478 e. The maximum atomic E-state index is 13.6. The van der Waals surface area contributed by atoms with Gasteiger partial charge in [0.05, 0.1) is 29.0 Å². The number of carbonyl (C=O) groups excluding carboxylic acids is 4. The molecule has 0 bridgehead atoms. The van der Waals surface area contributed by atoms with Crippen LogP contribution in [0.15, 0.2) is 42.5 Å². The number of hydrogen-bond donors (Lipinski definition) is 3. The molecule has 0 radical (unpaired) electrons. The van der Waals surface area contributed by atoms with E-state index in [2.05, 4.69) is 48.5 Å². The molecule has 3 atom stereocenters. The zero-order valence-corrected chi connectivity index (χ0v) is 40.9. The number of benzene rings is 2. The summed E-state index contributed by atoms with van der Waals surface area (Å²) in [6.07, 6.45) is -1.78. The number of urea groups is 1. The molecule has 0 saturated heterocycles. The predicted octanol–water partition coefficient (Wildman–Crippen LogP) is 11.2. The van der Waals surface area contributed by atoms with E-state index in [1.165, 1.54) is 0 Å². The van der Waals surface area contributed by atoms with Gasteiger partial charge >= 0.3 is 31.9 Å². The van der Waals surface area contributed by atoms with E-state index in [-0.39, 0.29) is 12.3 Å². The molecule has 0 saturated carbocycles. The second-order valence-electron chi connectivity index (χ2n) is 19.2. The first-order valence-electron chi connectivity index (χ1n) is 21.6. The highest BCUT2D eigenvalue weighted by Crippen LogP contribution is 2.55. The van der Waals surface area contributed by atoms with Crippen molar-refractivity contribution in [3.8, 4) is 0 Å². The second kappa shape index (κ2) is 24.0. The molecular formula is C46H75N4O11P. The number of rotatable bonds is 22. The Balaban J connectivity index is 2.24. The van der Waals surface area contributed by atoms with E-state index in [1.807, 2.05) is 56.3 Å². The van der Waals surface area contributed by atoms with E-state index in [0.717, 1.165) is 29.9 Å². The van der Waals surface area contributed by atoms with Crippen LogP contribution in [0.2, 0.25) is 0 Å². The van der Waals surface area contributed by atoms with Crippen LogP contribution in [0.3, 0.4) is 0 Å². The molecule has 3 N–H and O–H groups in total. The fraction of sp³-hybridized carbons (Fsp3) is 0.652. The summed E-state index contributed by atoms with van der Waals surface area (Å²) >= 11 is 0. The summed E-state index contributed by atoms with van der Waals surface area (Å²) in [4.78, 5) is 55.6. The fourth-order valence-electron chi connectivity index (χ4n) is 6.17. The Morgan fingerprint density at radius 1 is 0.758 bits per heavy atom. The van der Waals surface area contributed by atoms with Gasteiger partial charge in [0.15, 0.2) is 0 Å². The number of phosphoric ester groups is 1. The van der Waals surface area contributed by atoms with Crippen LogP contribution in [0.5, 0.6) is 0 Å². The number of ether oxygens (including phenoxy) is 3. The number of alkyl carbamates (subject to hydrolysis) is 1. The van der Waals surface area contributed by atoms with Gasteiger partial charge in [-0.25, -0.2) is 23.5 Å². The Morgan fingerprint density at radius 2 is 1.32 bits per heavy atom. The van der Waals surface area contributed by atoms with Crippen molar-refractivity contribution < 1.29 is 51.5 Å². The summed E-state index contributed by atoms with van der Waals surface area (Å²) < 4.78 is 46.2. The number of nitrogens with one attached hydrogen (secondary N) is 3. The average molecular weight is 891 g/mol. The molecular weight excluding hydrogens is 815 g/mol. The van der Waals surface area contributed by atoms with Crippen LogP contribution >= 0.6 is 7.82 Å². The molecule has 350 valence electrons. The smallest absolute Gasteiger partial charge is 0.425 e. The second-order valence-corrected chi connectivity index (χ2v) is 20.7. The van der Waals surface area contributed by atoms with Crippen LogP contribution in [-0.4, -0.2) is 67.5 Å². The molecule has 0 spiro atoms. The number of hydrogen-bond acceptors (Lipinski definition) is 12. The summed E-state index contributed by atoms with van der Waals surface area (Å²) in [6.45, 7) is 30.2. The molecule has 0 aliphatic carbocycles. The average Bonchev–Trinajstić information content (AvgIpc) is 3.10. The van der Waals surface area contributed by atoms with Crippen molar-refractivity contribution in [1.29, 1.82) is 0 Å². The monoisotopic (exact) mass is 891 g/mol. The predicted molar refractivity (Wildman–Crippen MR) is 244 cm³/mol. The molecule has 0 heterocycles. The Kier molecular flexibility index (Phi) is 20.9. The number of aryl methyl sites for hydroxylation is 1. The third-order valence-corrected chi connectivity index (χ3v) is 10.8. The molecule has 0 fully saturated rings. The van der Waals surface area contributed by atoms with Crippen LogP contribution in [0, 0.1) is 30.6 Å². The summed E-state index contributed by atoms with van der Waals surface area (Å²) in [5.74, 6) is -1.93. The van der Waals surface area contributed by atoms with Crippen molar-refractivity contribution in [2.45, 2.75) is 153 Å². The van der Waals surface area contributed by atoms with E-state index in [4.69, 9.17) is 27.8 Å². The zero-order chi connectivity index (χ0) is 47.2. The fourth-order valence-corrected chi connectivity index (χ4v) is 7.84. The molecule has 2 rings (SSSR count). The Bertz CT molecular complexity index is 1770. The van der Waals surface area contributed by atoms with Crippen LogP contribution < -0.4 is 20.9 Å².